The second-order valence-corrected chi connectivity index (χ2v) is 6.60. The SMILES string of the molecule is COCCOCCOc1ccc(CN(C)[C@H](C)c2ccc(C)cc2)cc1. The van der Waals surface area contributed by atoms with E-state index >= 15 is 0 Å². The fourth-order valence-corrected chi connectivity index (χ4v) is 2.68. The second kappa shape index (κ2) is 11.0. The van der Waals surface area contributed by atoms with Gasteiger partial charge >= 0.3 is 0 Å². The van der Waals surface area contributed by atoms with Crippen LogP contribution in [0.4, 0.5) is 0 Å². The standard InChI is InChI=1S/C22H31NO3/c1-18-5-9-21(10-6-18)19(2)23(3)17-20-7-11-22(12-8-20)26-16-15-25-14-13-24-4/h5-12,19H,13-17H2,1-4H3/t19-/m1/s1. The van der Waals surface area contributed by atoms with Crippen LogP contribution >= 0.6 is 0 Å². The molecule has 0 aliphatic heterocycles. The van der Waals surface area contributed by atoms with E-state index in [1.165, 1.54) is 16.7 Å². The van der Waals surface area contributed by atoms with Gasteiger partial charge in [-0.25, -0.2) is 0 Å². The monoisotopic (exact) mass is 357 g/mol. The van der Waals surface area contributed by atoms with Gasteiger partial charge in [0.05, 0.1) is 19.8 Å². The maximum atomic E-state index is 5.69. The Balaban J connectivity index is 1.77. The first-order valence-corrected chi connectivity index (χ1v) is 9.15. The smallest absolute Gasteiger partial charge is 0.119 e. The number of aryl methyl sites for hydroxylation is 1. The third-order valence-corrected chi connectivity index (χ3v) is 4.50. The summed E-state index contributed by atoms with van der Waals surface area (Å²) in [4.78, 5) is 2.35. The molecule has 0 aliphatic carbocycles. The maximum absolute atomic E-state index is 5.69. The zero-order chi connectivity index (χ0) is 18.8. The maximum Gasteiger partial charge on any atom is 0.119 e. The lowest BCUT2D eigenvalue weighted by atomic mass is 10.0. The molecule has 1 atom stereocenters. The Bertz CT molecular complexity index is 625. The minimum atomic E-state index is 0.371. The van der Waals surface area contributed by atoms with Crippen LogP contribution in [0.3, 0.4) is 0 Å². The van der Waals surface area contributed by atoms with Crippen molar-refractivity contribution in [1.82, 2.24) is 4.90 Å². The molecule has 0 fully saturated rings. The summed E-state index contributed by atoms with van der Waals surface area (Å²) in [5, 5.41) is 0. The Labute approximate surface area is 157 Å². The Morgan fingerprint density at radius 2 is 1.54 bits per heavy atom. The molecule has 0 aliphatic rings. The second-order valence-electron chi connectivity index (χ2n) is 6.60. The first kappa shape index (κ1) is 20.4. The van der Waals surface area contributed by atoms with Crippen LogP contribution < -0.4 is 4.74 Å². The van der Waals surface area contributed by atoms with Crippen LogP contribution in [0.2, 0.25) is 0 Å². The third kappa shape index (κ3) is 6.79. The van der Waals surface area contributed by atoms with Crippen LogP contribution in [0.25, 0.3) is 0 Å². The van der Waals surface area contributed by atoms with Gasteiger partial charge in [0.25, 0.3) is 0 Å². The van der Waals surface area contributed by atoms with E-state index in [0.29, 0.717) is 32.5 Å². The van der Waals surface area contributed by atoms with Crippen molar-refractivity contribution in [1.29, 1.82) is 0 Å². The molecule has 0 saturated carbocycles. The molecule has 0 aromatic heterocycles. The summed E-state index contributed by atoms with van der Waals surface area (Å²) in [5.74, 6) is 0.873. The van der Waals surface area contributed by atoms with Gasteiger partial charge in [0.15, 0.2) is 0 Å². The summed E-state index contributed by atoms with van der Waals surface area (Å²) in [7, 11) is 3.83. The summed E-state index contributed by atoms with van der Waals surface area (Å²) < 4.78 is 16.0. The molecule has 4 heteroatoms. The molecular formula is C22H31NO3. The predicted octanol–water partition coefficient (Wildman–Crippen LogP) is 4.23. The van der Waals surface area contributed by atoms with Gasteiger partial charge in [0, 0.05) is 19.7 Å². The normalized spacial score (nSPS) is 12.3. The quantitative estimate of drug-likeness (QED) is 0.563. The summed E-state index contributed by atoms with van der Waals surface area (Å²) >= 11 is 0. The number of hydrogen-bond donors (Lipinski definition) is 0. The molecule has 0 radical (unpaired) electrons. The van der Waals surface area contributed by atoms with Crippen molar-refractivity contribution in [2.24, 2.45) is 0 Å². The molecule has 0 amide bonds. The van der Waals surface area contributed by atoms with Crippen molar-refractivity contribution in [3.05, 3.63) is 65.2 Å². The fraction of sp³-hybridized carbons (Fsp3) is 0.455. The Morgan fingerprint density at radius 3 is 2.19 bits per heavy atom. The number of benzene rings is 2. The topological polar surface area (TPSA) is 30.9 Å². The first-order chi connectivity index (χ1) is 12.6. The molecule has 2 aromatic rings. The van der Waals surface area contributed by atoms with Gasteiger partial charge in [0.2, 0.25) is 0 Å². The van der Waals surface area contributed by atoms with Crippen LogP contribution in [0, 0.1) is 6.92 Å². The molecule has 0 heterocycles. The van der Waals surface area contributed by atoms with Crippen molar-refractivity contribution in [3.8, 4) is 5.75 Å². The van der Waals surface area contributed by atoms with E-state index in [2.05, 4.69) is 62.2 Å². The Morgan fingerprint density at radius 1 is 0.885 bits per heavy atom. The first-order valence-electron chi connectivity index (χ1n) is 9.15. The highest BCUT2D eigenvalue weighted by atomic mass is 16.5. The highest BCUT2D eigenvalue weighted by Gasteiger charge is 2.11. The summed E-state index contributed by atoms with van der Waals surface area (Å²) in [6.07, 6.45) is 0. The van der Waals surface area contributed by atoms with Crippen LogP contribution in [-0.2, 0) is 16.0 Å². The van der Waals surface area contributed by atoms with E-state index in [-0.39, 0.29) is 0 Å². The summed E-state index contributed by atoms with van der Waals surface area (Å²) in [6.45, 7) is 7.59. The molecule has 4 nitrogen and oxygen atoms in total. The molecule has 0 bridgehead atoms. The molecular weight excluding hydrogens is 326 g/mol. The fourth-order valence-electron chi connectivity index (χ4n) is 2.68. The van der Waals surface area contributed by atoms with Crippen LogP contribution in [0.5, 0.6) is 5.75 Å². The van der Waals surface area contributed by atoms with Crippen LogP contribution in [0.15, 0.2) is 48.5 Å². The average molecular weight is 357 g/mol. The van der Waals surface area contributed by atoms with Gasteiger partial charge < -0.3 is 14.2 Å². The van der Waals surface area contributed by atoms with Gasteiger partial charge in [-0.2, -0.15) is 0 Å². The minimum Gasteiger partial charge on any atom is -0.491 e. The molecule has 142 valence electrons. The number of nitrogens with zero attached hydrogens (tertiary/aromatic N) is 1. The molecule has 2 aromatic carbocycles. The molecule has 0 N–H and O–H groups in total. The van der Waals surface area contributed by atoms with Crippen LogP contribution in [-0.4, -0.2) is 45.5 Å². The predicted molar refractivity (Wildman–Crippen MR) is 106 cm³/mol. The van der Waals surface area contributed by atoms with Gasteiger partial charge in [-0.3, -0.25) is 4.90 Å². The van der Waals surface area contributed by atoms with Crippen molar-refractivity contribution < 1.29 is 14.2 Å². The highest BCUT2D eigenvalue weighted by Crippen LogP contribution is 2.22. The van der Waals surface area contributed by atoms with Crippen LogP contribution in [0.1, 0.15) is 29.7 Å². The highest BCUT2D eigenvalue weighted by molar-refractivity contribution is 5.28. The zero-order valence-electron chi connectivity index (χ0n) is 16.4. The molecule has 26 heavy (non-hydrogen) atoms. The van der Waals surface area contributed by atoms with Gasteiger partial charge in [-0.15, -0.1) is 0 Å². The number of methoxy groups -OCH3 is 1. The van der Waals surface area contributed by atoms with E-state index in [9.17, 15) is 0 Å². The average Bonchev–Trinajstić information content (AvgIpc) is 2.66. The van der Waals surface area contributed by atoms with Crippen molar-refractivity contribution in [2.75, 3.05) is 40.6 Å². The third-order valence-electron chi connectivity index (χ3n) is 4.50. The zero-order valence-corrected chi connectivity index (χ0v) is 16.4. The number of hydrogen-bond acceptors (Lipinski definition) is 4. The molecule has 0 saturated heterocycles. The van der Waals surface area contributed by atoms with E-state index in [0.717, 1.165) is 12.3 Å². The largest absolute Gasteiger partial charge is 0.491 e. The van der Waals surface area contributed by atoms with Gasteiger partial charge in [0.1, 0.15) is 12.4 Å². The summed E-state index contributed by atoms with van der Waals surface area (Å²) in [5.41, 5.74) is 3.91. The molecule has 2 rings (SSSR count). The summed E-state index contributed by atoms with van der Waals surface area (Å²) in [6, 6.07) is 17.4. The van der Waals surface area contributed by atoms with Gasteiger partial charge in [-0.05, 0) is 44.2 Å². The van der Waals surface area contributed by atoms with E-state index < -0.39 is 0 Å². The minimum absolute atomic E-state index is 0.371. The lowest BCUT2D eigenvalue weighted by Crippen LogP contribution is -2.21. The van der Waals surface area contributed by atoms with Crippen molar-refractivity contribution >= 4 is 0 Å². The van der Waals surface area contributed by atoms with E-state index in [1.54, 1.807) is 7.11 Å². The number of rotatable bonds is 11. The van der Waals surface area contributed by atoms with Crippen molar-refractivity contribution in [2.45, 2.75) is 26.4 Å². The molecule has 0 unspecified atom stereocenters. The lowest BCUT2D eigenvalue weighted by molar-refractivity contribution is 0.0544. The Kier molecular flexibility index (Phi) is 8.62. The molecule has 0 spiro atoms. The van der Waals surface area contributed by atoms with E-state index in [1.807, 2.05) is 12.1 Å². The lowest BCUT2D eigenvalue weighted by Gasteiger charge is -2.25. The Hall–Kier alpha value is -1.88. The number of ether oxygens (including phenoxy) is 3. The van der Waals surface area contributed by atoms with Crippen molar-refractivity contribution in [3.63, 3.8) is 0 Å². The van der Waals surface area contributed by atoms with E-state index in [4.69, 9.17) is 14.2 Å². The van der Waals surface area contributed by atoms with Gasteiger partial charge in [-0.1, -0.05) is 42.0 Å².